The van der Waals surface area contributed by atoms with Gasteiger partial charge < -0.3 is 15.4 Å². The van der Waals surface area contributed by atoms with Crippen molar-refractivity contribution in [2.75, 3.05) is 11.9 Å². The van der Waals surface area contributed by atoms with Crippen molar-refractivity contribution in [2.24, 2.45) is 0 Å². The Kier molecular flexibility index (Phi) is 7.28. The first-order valence-electron chi connectivity index (χ1n) is 10.5. The van der Waals surface area contributed by atoms with E-state index < -0.39 is 6.10 Å². The van der Waals surface area contributed by atoms with E-state index >= 15 is 0 Å². The zero-order chi connectivity index (χ0) is 20.6. The van der Waals surface area contributed by atoms with Gasteiger partial charge in [-0.2, -0.15) is 0 Å². The van der Waals surface area contributed by atoms with Gasteiger partial charge in [-0.1, -0.05) is 31.5 Å². The van der Waals surface area contributed by atoms with Crippen LogP contribution in [0.3, 0.4) is 0 Å². The van der Waals surface area contributed by atoms with E-state index in [9.17, 15) is 9.59 Å². The lowest BCUT2D eigenvalue weighted by atomic mass is 9.92. The predicted molar refractivity (Wildman–Crippen MR) is 115 cm³/mol. The first-order chi connectivity index (χ1) is 14.1. The van der Waals surface area contributed by atoms with E-state index in [1.807, 2.05) is 12.1 Å². The zero-order valence-electron chi connectivity index (χ0n) is 17.3. The van der Waals surface area contributed by atoms with Gasteiger partial charge in [-0.15, -0.1) is 0 Å². The Morgan fingerprint density at radius 2 is 1.83 bits per heavy atom. The quantitative estimate of drug-likeness (QED) is 0.648. The molecule has 29 heavy (non-hydrogen) atoms. The lowest BCUT2D eigenvalue weighted by molar-refractivity contribution is -0.122. The molecule has 3 rings (SSSR count). The molecule has 0 aromatic heterocycles. The van der Waals surface area contributed by atoms with E-state index in [4.69, 9.17) is 4.74 Å². The monoisotopic (exact) mass is 394 g/mol. The summed E-state index contributed by atoms with van der Waals surface area (Å²) < 4.78 is 5.88. The maximum Gasteiger partial charge on any atom is 0.265 e. The Balaban J connectivity index is 1.63. The van der Waals surface area contributed by atoms with Crippen molar-refractivity contribution in [1.29, 1.82) is 0 Å². The molecule has 1 aliphatic carbocycles. The molecule has 0 aliphatic heterocycles. The van der Waals surface area contributed by atoms with Crippen LogP contribution in [0.5, 0.6) is 5.75 Å². The minimum absolute atomic E-state index is 0.183. The van der Waals surface area contributed by atoms with Crippen LogP contribution in [0.25, 0.3) is 0 Å². The van der Waals surface area contributed by atoms with Crippen LogP contribution < -0.4 is 15.4 Å². The number of unbranched alkanes of at least 4 members (excludes halogenated alkanes) is 1. The number of rotatable bonds is 8. The van der Waals surface area contributed by atoms with Crippen LogP contribution >= 0.6 is 0 Å². The highest BCUT2D eigenvalue weighted by Crippen LogP contribution is 2.26. The molecule has 0 spiro atoms. The zero-order valence-corrected chi connectivity index (χ0v) is 17.3. The predicted octanol–water partition coefficient (Wildman–Crippen LogP) is 4.50. The number of amides is 2. The maximum atomic E-state index is 12.7. The van der Waals surface area contributed by atoms with Crippen LogP contribution in [0.15, 0.2) is 42.5 Å². The number of nitrogens with one attached hydrogen (secondary N) is 2. The van der Waals surface area contributed by atoms with Gasteiger partial charge in [-0.05, 0) is 74.4 Å². The number of ether oxygens (including phenoxy) is 1. The van der Waals surface area contributed by atoms with E-state index in [0.717, 1.165) is 25.7 Å². The van der Waals surface area contributed by atoms with Gasteiger partial charge in [-0.3, -0.25) is 9.59 Å². The van der Waals surface area contributed by atoms with Crippen molar-refractivity contribution in [3.05, 3.63) is 59.2 Å². The van der Waals surface area contributed by atoms with Crippen LogP contribution in [0.4, 0.5) is 5.69 Å². The van der Waals surface area contributed by atoms with Gasteiger partial charge in [0.15, 0.2) is 6.10 Å². The van der Waals surface area contributed by atoms with Crippen molar-refractivity contribution in [3.8, 4) is 5.75 Å². The highest BCUT2D eigenvalue weighted by atomic mass is 16.5. The fourth-order valence-corrected chi connectivity index (χ4v) is 3.54. The molecule has 154 valence electrons. The molecular formula is C24H30N2O3. The number of para-hydroxylation sites is 1. The second-order valence-corrected chi connectivity index (χ2v) is 7.54. The lowest BCUT2D eigenvalue weighted by Crippen LogP contribution is -2.32. The third kappa shape index (κ3) is 5.59. The van der Waals surface area contributed by atoms with Gasteiger partial charge in [0.2, 0.25) is 0 Å². The molecular weight excluding hydrogens is 364 g/mol. The van der Waals surface area contributed by atoms with E-state index in [-0.39, 0.29) is 11.8 Å². The van der Waals surface area contributed by atoms with Crippen LogP contribution in [-0.4, -0.2) is 24.5 Å². The summed E-state index contributed by atoms with van der Waals surface area (Å²) in [5.74, 6) is 0.244. The van der Waals surface area contributed by atoms with Gasteiger partial charge >= 0.3 is 0 Å². The largest absolute Gasteiger partial charge is 0.481 e. The van der Waals surface area contributed by atoms with Crippen molar-refractivity contribution >= 4 is 17.5 Å². The normalized spacial score (nSPS) is 13.9. The third-order valence-corrected chi connectivity index (χ3v) is 5.25. The second kappa shape index (κ2) is 10.1. The summed E-state index contributed by atoms with van der Waals surface area (Å²) in [5.41, 5.74) is 3.64. The molecule has 2 aromatic carbocycles. The minimum Gasteiger partial charge on any atom is -0.481 e. The van der Waals surface area contributed by atoms with E-state index in [1.165, 1.54) is 24.0 Å². The summed E-state index contributed by atoms with van der Waals surface area (Å²) in [4.78, 5) is 25.1. The standard InChI is InChI=1S/C24H30N2O3/c1-3-4-15-25-24(28)21-11-7-8-12-22(21)26-23(27)17(2)29-20-14-13-18-9-5-6-10-19(18)16-20/h7-8,11-14,16-17H,3-6,9-10,15H2,1-2H3,(H,25,28)(H,26,27)/t17-/m0/s1. The third-order valence-electron chi connectivity index (χ3n) is 5.25. The minimum atomic E-state index is -0.673. The number of hydrogen-bond donors (Lipinski definition) is 2. The molecule has 5 nitrogen and oxygen atoms in total. The van der Waals surface area contributed by atoms with Crippen molar-refractivity contribution in [1.82, 2.24) is 5.32 Å². The summed E-state index contributed by atoms with van der Waals surface area (Å²) in [6.45, 7) is 4.42. The molecule has 1 atom stereocenters. The van der Waals surface area contributed by atoms with Gasteiger partial charge in [0, 0.05) is 6.54 Å². The highest BCUT2D eigenvalue weighted by molar-refractivity contribution is 6.04. The van der Waals surface area contributed by atoms with Crippen LogP contribution in [0, 0.1) is 0 Å². The number of hydrogen-bond acceptors (Lipinski definition) is 3. The first kappa shape index (κ1) is 20.9. The fraction of sp³-hybridized carbons (Fsp3) is 0.417. The average Bonchev–Trinajstić information content (AvgIpc) is 2.74. The van der Waals surface area contributed by atoms with Gasteiger partial charge in [0.05, 0.1) is 11.3 Å². The summed E-state index contributed by atoms with van der Waals surface area (Å²) in [6.07, 6.45) is 5.87. The first-order valence-corrected chi connectivity index (χ1v) is 10.5. The molecule has 1 aliphatic rings. The number of aryl methyl sites for hydroxylation is 2. The number of benzene rings is 2. The fourth-order valence-electron chi connectivity index (χ4n) is 3.54. The summed E-state index contributed by atoms with van der Waals surface area (Å²) in [5, 5.41) is 5.73. The molecule has 2 amide bonds. The lowest BCUT2D eigenvalue weighted by Gasteiger charge is -2.19. The number of carbonyl (C=O) groups is 2. The molecule has 0 radical (unpaired) electrons. The van der Waals surface area contributed by atoms with E-state index in [0.29, 0.717) is 23.5 Å². The van der Waals surface area contributed by atoms with Crippen molar-refractivity contribution in [2.45, 2.75) is 58.5 Å². The molecule has 0 heterocycles. The molecule has 2 aromatic rings. The molecule has 0 saturated carbocycles. The van der Waals surface area contributed by atoms with Crippen molar-refractivity contribution in [3.63, 3.8) is 0 Å². The molecule has 0 unspecified atom stereocenters. The number of carbonyl (C=O) groups excluding carboxylic acids is 2. The van der Waals surface area contributed by atoms with Gasteiger partial charge in [0.1, 0.15) is 5.75 Å². The summed E-state index contributed by atoms with van der Waals surface area (Å²) >= 11 is 0. The Bertz CT molecular complexity index is 863. The van der Waals surface area contributed by atoms with Gasteiger partial charge in [-0.25, -0.2) is 0 Å². The van der Waals surface area contributed by atoms with E-state index in [2.05, 4.69) is 23.6 Å². The molecule has 0 bridgehead atoms. The Labute approximate surface area is 172 Å². The molecule has 5 heteroatoms. The smallest absolute Gasteiger partial charge is 0.265 e. The van der Waals surface area contributed by atoms with E-state index in [1.54, 1.807) is 31.2 Å². The Hall–Kier alpha value is -2.82. The molecule has 0 saturated heterocycles. The van der Waals surface area contributed by atoms with Gasteiger partial charge in [0.25, 0.3) is 11.8 Å². The summed E-state index contributed by atoms with van der Waals surface area (Å²) in [7, 11) is 0. The maximum absolute atomic E-state index is 12.7. The van der Waals surface area contributed by atoms with Crippen LogP contribution in [0.2, 0.25) is 0 Å². The molecule has 2 N–H and O–H groups in total. The summed E-state index contributed by atoms with van der Waals surface area (Å²) in [6, 6.07) is 13.1. The number of fused-ring (bicyclic) bond motifs is 1. The Morgan fingerprint density at radius 1 is 1.07 bits per heavy atom. The number of anilines is 1. The van der Waals surface area contributed by atoms with Crippen LogP contribution in [-0.2, 0) is 17.6 Å². The molecule has 0 fully saturated rings. The SMILES string of the molecule is CCCCNC(=O)c1ccccc1NC(=O)[C@H](C)Oc1ccc2c(c1)CCCC2. The average molecular weight is 395 g/mol. The van der Waals surface area contributed by atoms with Crippen LogP contribution in [0.1, 0.15) is 61.0 Å². The van der Waals surface area contributed by atoms with Crippen molar-refractivity contribution < 1.29 is 14.3 Å². The Morgan fingerprint density at radius 3 is 2.62 bits per heavy atom. The highest BCUT2D eigenvalue weighted by Gasteiger charge is 2.19. The topological polar surface area (TPSA) is 67.4 Å². The second-order valence-electron chi connectivity index (χ2n) is 7.54.